The molecule has 1 aromatic carbocycles. The summed E-state index contributed by atoms with van der Waals surface area (Å²) in [5, 5.41) is 0.717. The Hall–Kier alpha value is -0.0900. The van der Waals surface area contributed by atoms with Gasteiger partial charge in [0.25, 0.3) is 0 Å². The van der Waals surface area contributed by atoms with Gasteiger partial charge in [0, 0.05) is 29.3 Å². The molecule has 1 aromatic rings. The average molecular weight is 293 g/mol. The van der Waals surface area contributed by atoms with Crippen LogP contribution in [0, 0.1) is 0 Å². The fourth-order valence-electron chi connectivity index (χ4n) is 1.41. The van der Waals surface area contributed by atoms with Crippen molar-refractivity contribution in [1.82, 2.24) is 0 Å². The van der Waals surface area contributed by atoms with Crippen LogP contribution >= 0.6 is 27.5 Å². The Morgan fingerprint density at radius 2 is 2.27 bits per heavy atom. The van der Waals surface area contributed by atoms with E-state index in [1.807, 2.05) is 18.2 Å². The highest BCUT2D eigenvalue weighted by molar-refractivity contribution is 9.10. The lowest BCUT2D eigenvalue weighted by Gasteiger charge is -2.13. The number of rotatable bonds is 5. The molecule has 0 heterocycles. The maximum atomic E-state index is 6.06. The third-order valence-electron chi connectivity index (χ3n) is 2.23. The Labute approximate surface area is 104 Å². The van der Waals surface area contributed by atoms with Crippen LogP contribution in [0.3, 0.4) is 0 Å². The summed E-state index contributed by atoms with van der Waals surface area (Å²) in [6.07, 6.45) is 1.88. The van der Waals surface area contributed by atoms with Gasteiger partial charge in [-0.15, -0.1) is 0 Å². The average Bonchev–Trinajstić information content (AvgIpc) is 2.17. The molecule has 84 valence electrons. The standard InChI is InChI=1S/C11H15BrClNO/c1-15-6-2-3-11(14)9-5-4-8(13)7-10(9)12/h4-5,7,11H,2-3,6,14H2,1H3. The highest BCUT2D eigenvalue weighted by atomic mass is 79.9. The van der Waals surface area contributed by atoms with Gasteiger partial charge in [0.05, 0.1) is 0 Å². The van der Waals surface area contributed by atoms with Crippen LogP contribution in [0.15, 0.2) is 22.7 Å². The molecular formula is C11H15BrClNO. The largest absolute Gasteiger partial charge is 0.385 e. The quantitative estimate of drug-likeness (QED) is 0.843. The molecule has 2 nitrogen and oxygen atoms in total. The van der Waals surface area contributed by atoms with E-state index in [0.29, 0.717) is 0 Å². The van der Waals surface area contributed by atoms with Gasteiger partial charge in [0.15, 0.2) is 0 Å². The van der Waals surface area contributed by atoms with Crippen molar-refractivity contribution in [3.8, 4) is 0 Å². The van der Waals surface area contributed by atoms with E-state index in [-0.39, 0.29) is 6.04 Å². The number of methoxy groups -OCH3 is 1. The molecule has 0 aliphatic carbocycles. The summed E-state index contributed by atoms with van der Waals surface area (Å²) < 4.78 is 5.96. The van der Waals surface area contributed by atoms with Crippen LogP contribution in [0.25, 0.3) is 0 Å². The fourth-order valence-corrected chi connectivity index (χ4v) is 2.38. The van der Waals surface area contributed by atoms with Crippen LogP contribution in [-0.2, 0) is 4.74 Å². The Morgan fingerprint density at radius 3 is 2.87 bits per heavy atom. The summed E-state index contributed by atoms with van der Waals surface area (Å²) in [7, 11) is 1.70. The van der Waals surface area contributed by atoms with E-state index in [9.17, 15) is 0 Å². The number of nitrogens with two attached hydrogens (primary N) is 1. The fraction of sp³-hybridized carbons (Fsp3) is 0.455. The maximum Gasteiger partial charge on any atom is 0.0462 e. The van der Waals surface area contributed by atoms with Gasteiger partial charge in [0.2, 0.25) is 0 Å². The summed E-state index contributed by atoms with van der Waals surface area (Å²) in [5.74, 6) is 0. The van der Waals surface area contributed by atoms with Crippen molar-refractivity contribution < 1.29 is 4.74 Å². The highest BCUT2D eigenvalue weighted by Gasteiger charge is 2.09. The molecule has 0 saturated carbocycles. The molecule has 0 aliphatic heterocycles. The minimum atomic E-state index is 0.0341. The van der Waals surface area contributed by atoms with Gasteiger partial charge in [-0.3, -0.25) is 0 Å². The number of hydrogen-bond donors (Lipinski definition) is 1. The molecule has 0 spiro atoms. The van der Waals surface area contributed by atoms with Crippen LogP contribution in [0.2, 0.25) is 5.02 Å². The normalized spacial score (nSPS) is 12.8. The second-order valence-corrected chi connectivity index (χ2v) is 4.70. The third-order valence-corrected chi connectivity index (χ3v) is 3.15. The van der Waals surface area contributed by atoms with Crippen molar-refractivity contribution in [2.24, 2.45) is 5.73 Å². The van der Waals surface area contributed by atoms with Crippen molar-refractivity contribution in [2.45, 2.75) is 18.9 Å². The number of benzene rings is 1. The molecule has 0 aromatic heterocycles. The summed E-state index contributed by atoms with van der Waals surface area (Å²) in [6.45, 7) is 0.749. The first-order chi connectivity index (χ1) is 7.15. The molecule has 0 radical (unpaired) electrons. The summed E-state index contributed by atoms with van der Waals surface area (Å²) in [6, 6.07) is 5.72. The molecule has 0 saturated heterocycles. The van der Waals surface area contributed by atoms with Crippen LogP contribution in [0.4, 0.5) is 0 Å². The number of hydrogen-bond acceptors (Lipinski definition) is 2. The molecule has 0 amide bonds. The molecule has 15 heavy (non-hydrogen) atoms. The first-order valence-electron chi connectivity index (χ1n) is 4.84. The number of ether oxygens (including phenoxy) is 1. The topological polar surface area (TPSA) is 35.2 Å². The van der Waals surface area contributed by atoms with E-state index in [2.05, 4.69) is 15.9 Å². The highest BCUT2D eigenvalue weighted by Crippen LogP contribution is 2.27. The minimum absolute atomic E-state index is 0.0341. The lowest BCUT2D eigenvalue weighted by Crippen LogP contribution is -2.11. The van der Waals surface area contributed by atoms with Crippen LogP contribution < -0.4 is 5.73 Å². The minimum Gasteiger partial charge on any atom is -0.385 e. The first-order valence-corrected chi connectivity index (χ1v) is 6.01. The molecule has 1 rings (SSSR count). The molecule has 0 bridgehead atoms. The zero-order chi connectivity index (χ0) is 11.3. The van der Waals surface area contributed by atoms with E-state index in [1.54, 1.807) is 7.11 Å². The molecule has 1 unspecified atom stereocenters. The smallest absolute Gasteiger partial charge is 0.0462 e. The van der Waals surface area contributed by atoms with Crippen molar-refractivity contribution in [3.05, 3.63) is 33.3 Å². The summed E-state index contributed by atoms with van der Waals surface area (Å²) >= 11 is 9.32. The van der Waals surface area contributed by atoms with Gasteiger partial charge in [-0.05, 0) is 30.5 Å². The molecule has 2 N–H and O–H groups in total. The second-order valence-electron chi connectivity index (χ2n) is 3.41. The van der Waals surface area contributed by atoms with Crippen molar-refractivity contribution in [3.63, 3.8) is 0 Å². The Balaban J connectivity index is 2.61. The van der Waals surface area contributed by atoms with Gasteiger partial charge < -0.3 is 10.5 Å². The van der Waals surface area contributed by atoms with Gasteiger partial charge >= 0.3 is 0 Å². The summed E-state index contributed by atoms with van der Waals surface area (Å²) in [5.41, 5.74) is 7.15. The Bertz CT molecular complexity index is 319. The van der Waals surface area contributed by atoms with Gasteiger partial charge in [-0.2, -0.15) is 0 Å². The van der Waals surface area contributed by atoms with Crippen LogP contribution in [-0.4, -0.2) is 13.7 Å². The maximum absolute atomic E-state index is 6.06. The van der Waals surface area contributed by atoms with E-state index >= 15 is 0 Å². The van der Waals surface area contributed by atoms with Crippen molar-refractivity contribution >= 4 is 27.5 Å². The van der Waals surface area contributed by atoms with Crippen molar-refractivity contribution in [2.75, 3.05) is 13.7 Å². The van der Waals surface area contributed by atoms with E-state index in [1.165, 1.54) is 0 Å². The molecule has 1 atom stereocenters. The monoisotopic (exact) mass is 291 g/mol. The van der Waals surface area contributed by atoms with E-state index in [0.717, 1.165) is 34.5 Å². The Kier molecular flexibility index (Phi) is 5.61. The van der Waals surface area contributed by atoms with Gasteiger partial charge in [-0.1, -0.05) is 33.6 Å². The van der Waals surface area contributed by atoms with Crippen LogP contribution in [0.1, 0.15) is 24.4 Å². The third kappa shape index (κ3) is 4.11. The zero-order valence-electron chi connectivity index (χ0n) is 8.67. The molecular weight excluding hydrogens is 277 g/mol. The predicted molar refractivity (Wildman–Crippen MR) is 67.2 cm³/mol. The summed E-state index contributed by atoms with van der Waals surface area (Å²) in [4.78, 5) is 0. The first kappa shape index (κ1) is 13.0. The van der Waals surface area contributed by atoms with E-state index in [4.69, 9.17) is 22.1 Å². The van der Waals surface area contributed by atoms with Crippen LogP contribution in [0.5, 0.6) is 0 Å². The lowest BCUT2D eigenvalue weighted by atomic mass is 10.0. The van der Waals surface area contributed by atoms with E-state index < -0.39 is 0 Å². The molecule has 0 aliphatic rings. The predicted octanol–water partition coefficient (Wildman–Crippen LogP) is 3.53. The number of halogens is 2. The lowest BCUT2D eigenvalue weighted by molar-refractivity contribution is 0.190. The van der Waals surface area contributed by atoms with Crippen molar-refractivity contribution in [1.29, 1.82) is 0 Å². The molecule has 0 fully saturated rings. The second kappa shape index (κ2) is 6.48. The molecule has 4 heteroatoms. The van der Waals surface area contributed by atoms with Gasteiger partial charge in [-0.25, -0.2) is 0 Å². The Morgan fingerprint density at radius 1 is 1.53 bits per heavy atom. The van der Waals surface area contributed by atoms with Gasteiger partial charge in [0.1, 0.15) is 0 Å². The SMILES string of the molecule is COCCCC(N)c1ccc(Cl)cc1Br. The zero-order valence-corrected chi connectivity index (χ0v) is 11.0.